The zero-order valence-electron chi connectivity index (χ0n) is 16.3. The zero-order valence-corrected chi connectivity index (χ0v) is 18.4. The molecule has 0 fully saturated rings. The van der Waals surface area contributed by atoms with Crippen LogP contribution in [0.25, 0.3) is 0 Å². The van der Waals surface area contributed by atoms with E-state index in [0.29, 0.717) is 24.1 Å². The molecule has 0 aliphatic rings. The van der Waals surface area contributed by atoms with E-state index in [2.05, 4.69) is 27.9 Å². The maximum atomic E-state index is 12.5. The molecule has 0 unspecified atom stereocenters. The Morgan fingerprint density at radius 2 is 1.90 bits per heavy atom. The number of carbonyl (C=O) groups excluding carboxylic acids is 1. The summed E-state index contributed by atoms with van der Waals surface area (Å²) in [6, 6.07) is 12.5. The lowest BCUT2D eigenvalue weighted by atomic mass is 9.92. The molecule has 3 N–H and O–H groups in total. The fourth-order valence-electron chi connectivity index (χ4n) is 2.83. The van der Waals surface area contributed by atoms with Crippen molar-refractivity contribution in [2.45, 2.75) is 32.8 Å². The largest absolute Gasteiger partial charge is 0.508 e. The molecule has 6 nitrogen and oxygen atoms in total. The van der Waals surface area contributed by atoms with E-state index in [-0.39, 0.29) is 11.7 Å². The van der Waals surface area contributed by atoms with Crippen molar-refractivity contribution in [2.24, 2.45) is 5.92 Å². The van der Waals surface area contributed by atoms with Crippen LogP contribution in [-0.2, 0) is 9.53 Å². The third-order valence-electron chi connectivity index (χ3n) is 4.39. The van der Waals surface area contributed by atoms with Gasteiger partial charge in [0, 0.05) is 20.9 Å². The maximum Gasteiger partial charge on any atom is 0.412 e. The van der Waals surface area contributed by atoms with Crippen molar-refractivity contribution in [1.82, 2.24) is 0 Å². The van der Waals surface area contributed by atoms with Crippen LogP contribution in [0.1, 0.15) is 37.0 Å². The van der Waals surface area contributed by atoms with E-state index in [1.165, 1.54) is 0 Å². The summed E-state index contributed by atoms with van der Waals surface area (Å²) in [6.45, 7) is 3.86. The van der Waals surface area contributed by atoms with E-state index in [0.717, 1.165) is 15.2 Å². The van der Waals surface area contributed by atoms with Crippen LogP contribution in [0.5, 0.6) is 5.75 Å². The van der Waals surface area contributed by atoms with Gasteiger partial charge in [0.25, 0.3) is 0 Å². The van der Waals surface area contributed by atoms with Gasteiger partial charge in [0.2, 0.25) is 0 Å². The number of carbonyl (C=O) groups is 2. The molecule has 2 aromatic carbocycles. The highest BCUT2D eigenvalue weighted by Crippen LogP contribution is 2.36. The smallest absolute Gasteiger partial charge is 0.412 e. The van der Waals surface area contributed by atoms with Crippen molar-refractivity contribution in [3.05, 3.63) is 69.3 Å². The molecule has 2 atom stereocenters. The number of halogens is 1. The van der Waals surface area contributed by atoms with Gasteiger partial charge in [-0.1, -0.05) is 30.7 Å². The molecule has 0 aliphatic heterocycles. The topological polar surface area (TPSA) is 95.9 Å². The predicted octanol–water partition coefficient (Wildman–Crippen LogP) is 5.65. The van der Waals surface area contributed by atoms with Crippen molar-refractivity contribution < 1.29 is 24.5 Å². The minimum atomic E-state index is -1.00. The molecule has 29 heavy (non-hydrogen) atoms. The van der Waals surface area contributed by atoms with E-state index < -0.39 is 18.2 Å². The van der Waals surface area contributed by atoms with Gasteiger partial charge in [-0.25, -0.2) is 9.59 Å². The standard InChI is InChI=1S/C22H24INO5/c1-14-7-10-17(11-8-14)24-22(28)29-21(15(2)5-3-4-6-20(26)27)18-13-16(23)9-12-19(18)25/h4,6-13,15,21,25H,3,5H2,1-2H3,(H,24,28)(H,26,27)/b6-4+/t15-,21-/m1/s1. The number of rotatable bonds is 8. The van der Waals surface area contributed by atoms with Gasteiger partial charge in [0.1, 0.15) is 11.9 Å². The number of benzene rings is 2. The van der Waals surface area contributed by atoms with Gasteiger partial charge < -0.3 is 14.9 Å². The molecule has 0 aromatic heterocycles. The third kappa shape index (κ3) is 7.41. The summed E-state index contributed by atoms with van der Waals surface area (Å²) in [7, 11) is 0. The molecule has 2 rings (SSSR count). The maximum absolute atomic E-state index is 12.5. The van der Waals surface area contributed by atoms with Crippen LogP contribution in [-0.4, -0.2) is 22.3 Å². The van der Waals surface area contributed by atoms with Crippen LogP contribution in [0, 0.1) is 16.4 Å². The first-order valence-electron chi connectivity index (χ1n) is 9.18. The highest BCUT2D eigenvalue weighted by Gasteiger charge is 2.26. The van der Waals surface area contributed by atoms with Crippen LogP contribution < -0.4 is 5.32 Å². The number of aromatic hydroxyl groups is 1. The summed E-state index contributed by atoms with van der Waals surface area (Å²) >= 11 is 2.13. The van der Waals surface area contributed by atoms with Crippen molar-refractivity contribution >= 4 is 40.3 Å². The Morgan fingerprint density at radius 1 is 1.21 bits per heavy atom. The summed E-state index contributed by atoms with van der Waals surface area (Å²) in [6.07, 6.45) is 2.44. The molecular formula is C22H24INO5. The number of allylic oxidation sites excluding steroid dienone is 1. The average Bonchev–Trinajstić information content (AvgIpc) is 2.67. The number of hydrogen-bond donors (Lipinski definition) is 3. The summed E-state index contributed by atoms with van der Waals surface area (Å²) in [5, 5.41) is 21.7. The normalized spacial score (nSPS) is 13.1. The highest BCUT2D eigenvalue weighted by molar-refractivity contribution is 14.1. The van der Waals surface area contributed by atoms with Crippen molar-refractivity contribution in [3.8, 4) is 5.75 Å². The van der Waals surface area contributed by atoms with E-state index >= 15 is 0 Å². The lowest BCUT2D eigenvalue weighted by molar-refractivity contribution is -0.131. The number of anilines is 1. The van der Waals surface area contributed by atoms with Crippen molar-refractivity contribution in [1.29, 1.82) is 0 Å². The van der Waals surface area contributed by atoms with Gasteiger partial charge in [-0.2, -0.15) is 0 Å². The van der Waals surface area contributed by atoms with Crippen LogP contribution in [0.2, 0.25) is 0 Å². The summed E-state index contributed by atoms with van der Waals surface area (Å²) < 4.78 is 6.60. The molecular weight excluding hydrogens is 485 g/mol. The number of carboxylic acids is 1. The van der Waals surface area contributed by atoms with Gasteiger partial charge in [-0.3, -0.25) is 5.32 Å². The fraction of sp³-hybridized carbons (Fsp3) is 0.273. The van der Waals surface area contributed by atoms with E-state index in [1.807, 2.05) is 26.0 Å². The highest BCUT2D eigenvalue weighted by atomic mass is 127. The zero-order chi connectivity index (χ0) is 21.4. The van der Waals surface area contributed by atoms with Gasteiger partial charge in [0.15, 0.2) is 0 Å². The molecule has 0 heterocycles. The molecule has 1 amide bonds. The minimum absolute atomic E-state index is 0.0477. The first-order chi connectivity index (χ1) is 13.8. The van der Waals surface area contributed by atoms with Gasteiger partial charge in [-0.15, -0.1) is 0 Å². The lowest BCUT2D eigenvalue weighted by Crippen LogP contribution is -2.22. The van der Waals surface area contributed by atoms with Crippen LogP contribution in [0.4, 0.5) is 10.5 Å². The number of aryl methyl sites for hydroxylation is 1. The van der Waals surface area contributed by atoms with Crippen LogP contribution in [0.3, 0.4) is 0 Å². The number of amides is 1. The van der Waals surface area contributed by atoms with Gasteiger partial charge in [-0.05, 0) is 78.6 Å². The van der Waals surface area contributed by atoms with Crippen molar-refractivity contribution in [2.75, 3.05) is 5.32 Å². The Morgan fingerprint density at radius 3 is 2.55 bits per heavy atom. The first-order valence-corrected chi connectivity index (χ1v) is 10.3. The monoisotopic (exact) mass is 509 g/mol. The Hall–Kier alpha value is -2.55. The second-order valence-electron chi connectivity index (χ2n) is 6.82. The Labute approximate surface area is 183 Å². The Balaban J connectivity index is 2.17. The molecule has 2 aromatic rings. The SMILES string of the molecule is Cc1ccc(NC(=O)O[C@@H](c2cc(I)ccc2O)[C@H](C)CC/C=C/C(=O)O)cc1. The molecule has 0 spiro atoms. The number of aliphatic carboxylic acids is 1. The predicted molar refractivity (Wildman–Crippen MR) is 120 cm³/mol. The number of nitrogens with one attached hydrogen (secondary N) is 1. The van der Waals surface area contributed by atoms with Gasteiger partial charge in [0.05, 0.1) is 0 Å². The molecule has 0 aliphatic carbocycles. The van der Waals surface area contributed by atoms with Crippen LogP contribution in [0.15, 0.2) is 54.6 Å². The second-order valence-corrected chi connectivity index (χ2v) is 8.06. The summed E-state index contributed by atoms with van der Waals surface area (Å²) in [4.78, 5) is 23.1. The Bertz CT molecular complexity index is 879. The summed E-state index contributed by atoms with van der Waals surface area (Å²) in [5.41, 5.74) is 2.21. The second kappa shape index (κ2) is 10.8. The minimum Gasteiger partial charge on any atom is -0.508 e. The molecule has 0 radical (unpaired) electrons. The van der Waals surface area contributed by atoms with Gasteiger partial charge >= 0.3 is 12.1 Å². The molecule has 154 valence electrons. The van der Waals surface area contributed by atoms with E-state index in [1.54, 1.807) is 36.4 Å². The number of ether oxygens (including phenoxy) is 1. The lowest BCUT2D eigenvalue weighted by Gasteiger charge is -2.25. The van der Waals surface area contributed by atoms with E-state index in [9.17, 15) is 14.7 Å². The van der Waals surface area contributed by atoms with E-state index in [4.69, 9.17) is 9.84 Å². The molecule has 0 saturated heterocycles. The van der Waals surface area contributed by atoms with Crippen molar-refractivity contribution in [3.63, 3.8) is 0 Å². The number of phenols is 1. The molecule has 7 heteroatoms. The number of hydrogen-bond acceptors (Lipinski definition) is 4. The summed E-state index contributed by atoms with van der Waals surface area (Å²) in [5.74, 6) is -1.11. The molecule has 0 saturated carbocycles. The Kier molecular flexibility index (Phi) is 8.50. The average molecular weight is 509 g/mol. The quantitative estimate of drug-likeness (QED) is 0.316. The number of carboxylic acid groups (broad SMARTS) is 1. The first kappa shape index (κ1) is 22.7. The fourth-order valence-corrected chi connectivity index (χ4v) is 3.35. The van der Waals surface area contributed by atoms with Crippen LogP contribution >= 0.6 is 22.6 Å². The molecule has 0 bridgehead atoms. The third-order valence-corrected chi connectivity index (χ3v) is 5.06. The number of phenolic OH excluding ortho intramolecular Hbond substituents is 1.